The Balaban J connectivity index is 1.17. The molecule has 0 amide bonds. The molecule has 4 saturated carbocycles. The predicted octanol–water partition coefficient (Wildman–Crippen LogP) is 9.43. The molecule has 0 spiro atoms. The molecule has 9 nitrogen and oxygen atoms in total. The molecule has 5 aliphatic rings. The lowest BCUT2D eigenvalue weighted by atomic mass is 9.33. The van der Waals surface area contributed by atoms with Gasteiger partial charge in [-0.15, -0.1) is 5.10 Å². The normalized spacial score (nSPS) is 36.3. The lowest BCUT2D eigenvalue weighted by molar-refractivity contribution is -0.231. The Hall–Kier alpha value is -3.56. The first-order valence-electron chi connectivity index (χ1n) is 19.8. The third kappa shape index (κ3) is 5.70. The van der Waals surface area contributed by atoms with Gasteiger partial charge in [-0.3, -0.25) is 14.4 Å². The molecule has 1 unspecified atom stereocenters. The molecular weight excluding hydrogens is 673 g/mol. The molecular formula is C43H58FN3O6. The molecule has 2 N–H and O–H groups in total. The van der Waals surface area contributed by atoms with Gasteiger partial charge < -0.3 is 19.6 Å². The van der Waals surface area contributed by atoms with Gasteiger partial charge in [0.15, 0.2) is 5.78 Å². The molecule has 0 saturated heterocycles. The second kappa shape index (κ2) is 12.5. The van der Waals surface area contributed by atoms with Crippen LogP contribution in [-0.2, 0) is 19.1 Å². The van der Waals surface area contributed by atoms with Gasteiger partial charge in [-0.25, -0.2) is 4.39 Å². The number of ether oxygens (including phenoxy) is 1. The summed E-state index contributed by atoms with van der Waals surface area (Å²) in [6.07, 6.45) is 7.57. The number of anilines is 1. The number of carboxylic acid groups (broad SMARTS) is 1. The molecule has 2 aromatic rings. The first kappa shape index (κ1) is 37.7. The summed E-state index contributed by atoms with van der Waals surface area (Å²) in [6, 6.07) is 6.26. The standard InChI is InChI=1S/C43H58FN3O6/c1-24(2)33-28(48)22-43(45-37-47-46-35(53-37)25-10-12-26(44)13-11-25)21-20-41(8)27(34(33)43)14-15-30-40(7)18-17-31(52-32(49)23-38(3,4)36(50)51)39(5,6)29(40)16-19-42(30,41)9/h10-13,24,27,29-31H,14-23H2,1-9H3,(H,45,47)(H,50,51)/t27-,29?,30-,31+,40+,41-,42-,43-/m1/s1. The highest BCUT2D eigenvalue weighted by Gasteiger charge is 2.70. The summed E-state index contributed by atoms with van der Waals surface area (Å²) in [5.41, 5.74) is 0.837. The minimum atomic E-state index is -1.18. The van der Waals surface area contributed by atoms with Gasteiger partial charge in [0.2, 0.25) is 5.89 Å². The van der Waals surface area contributed by atoms with Crippen molar-refractivity contribution in [1.82, 2.24) is 10.2 Å². The van der Waals surface area contributed by atoms with Crippen LogP contribution in [-0.4, -0.2) is 44.7 Å². The van der Waals surface area contributed by atoms with Gasteiger partial charge in [0.1, 0.15) is 11.9 Å². The van der Waals surface area contributed by atoms with Gasteiger partial charge in [0, 0.05) is 17.4 Å². The average molecular weight is 732 g/mol. The third-order valence-corrected chi connectivity index (χ3v) is 15.7. The van der Waals surface area contributed by atoms with Gasteiger partial charge >= 0.3 is 18.0 Å². The number of esters is 1. The number of carbonyl (C=O) groups excluding carboxylic acids is 2. The van der Waals surface area contributed by atoms with Crippen molar-refractivity contribution in [2.45, 2.75) is 138 Å². The number of halogens is 1. The summed E-state index contributed by atoms with van der Waals surface area (Å²) >= 11 is 0. The molecule has 4 fully saturated rings. The Bertz CT molecular complexity index is 1850. The highest BCUT2D eigenvalue weighted by molar-refractivity contribution is 6.02. The number of aromatic nitrogens is 2. The van der Waals surface area contributed by atoms with E-state index in [1.165, 1.54) is 17.7 Å². The van der Waals surface area contributed by atoms with E-state index in [9.17, 15) is 23.9 Å². The quantitative estimate of drug-likeness (QED) is 0.255. The maximum absolute atomic E-state index is 14.0. The summed E-state index contributed by atoms with van der Waals surface area (Å²) in [5.74, 6) is -0.143. The summed E-state index contributed by atoms with van der Waals surface area (Å²) in [7, 11) is 0. The Labute approximate surface area is 313 Å². The van der Waals surface area contributed by atoms with Crippen molar-refractivity contribution in [2.75, 3.05) is 5.32 Å². The first-order valence-corrected chi connectivity index (χ1v) is 19.8. The molecule has 288 valence electrons. The molecule has 8 atom stereocenters. The molecule has 7 rings (SSSR count). The van der Waals surface area contributed by atoms with E-state index in [-0.39, 0.29) is 63.6 Å². The minimum absolute atomic E-state index is 0.0272. The van der Waals surface area contributed by atoms with Crippen molar-refractivity contribution >= 4 is 23.7 Å². The van der Waals surface area contributed by atoms with E-state index in [1.54, 1.807) is 26.0 Å². The van der Waals surface area contributed by atoms with E-state index >= 15 is 0 Å². The molecule has 0 bridgehead atoms. The van der Waals surface area contributed by atoms with E-state index in [0.717, 1.165) is 56.9 Å². The van der Waals surface area contributed by atoms with E-state index in [1.807, 2.05) is 0 Å². The SMILES string of the molecule is CC(C)C1=C2[C@H]3CC[C@@H]4[C@@]5(C)CC[C@H](OC(=O)CC(C)(C)C(=O)O)C(C)(C)C5CC[C@@]4(C)[C@]3(C)CC[C@@]2(Nc2nnc(-c3ccc(F)cc3)o2)CC1=O. The summed E-state index contributed by atoms with van der Waals surface area (Å²) in [5, 5.41) is 21.9. The summed E-state index contributed by atoms with van der Waals surface area (Å²) < 4.78 is 25.9. The predicted molar refractivity (Wildman–Crippen MR) is 199 cm³/mol. The van der Waals surface area contributed by atoms with Crippen molar-refractivity contribution < 1.29 is 33.0 Å². The van der Waals surface area contributed by atoms with Crippen LogP contribution >= 0.6 is 0 Å². The third-order valence-electron chi connectivity index (χ3n) is 15.7. The molecule has 1 heterocycles. The monoisotopic (exact) mass is 731 g/mol. The fourth-order valence-corrected chi connectivity index (χ4v) is 12.8. The summed E-state index contributed by atoms with van der Waals surface area (Å²) in [6.45, 7) is 19.5. The number of nitrogens with zero attached hydrogens (tertiary/aromatic N) is 2. The van der Waals surface area contributed by atoms with Crippen LogP contribution in [0.1, 0.15) is 127 Å². The zero-order valence-corrected chi connectivity index (χ0v) is 33.0. The van der Waals surface area contributed by atoms with Gasteiger partial charge in [0.05, 0.1) is 17.4 Å². The lowest BCUT2D eigenvalue weighted by Gasteiger charge is -2.72. The van der Waals surface area contributed by atoms with E-state index in [0.29, 0.717) is 29.7 Å². The van der Waals surface area contributed by atoms with Crippen LogP contribution in [0.25, 0.3) is 11.5 Å². The molecule has 53 heavy (non-hydrogen) atoms. The fraction of sp³-hybridized carbons (Fsp3) is 0.698. The number of fused-ring (bicyclic) bond motifs is 7. The van der Waals surface area contributed by atoms with Crippen LogP contribution in [0.4, 0.5) is 10.4 Å². The van der Waals surface area contributed by atoms with Crippen LogP contribution in [0.2, 0.25) is 0 Å². The molecule has 0 aliphatic heterocycles. The van der Waals surface area contributed by atoms with Crippen molar-refractivity contribution in [3.05, 3.63) is 41.2 Å². The van der Waals surface area contributed by atoms with Crippen LogP contribution in [0.3, 0.4) is 0 Å². The average Bonchev–Trinajstić information content (AvgIpc) is 3.64. The van der Waals surface area contributed by atoms with E-state index < -0.39 is 22.9 Å². The second-order valence-electron chi connectivity index (χ2n) is 19.5. The number of hydrogen-bond acceptors (Lipinski definition) is 8. The van der Waals surface area contributed by atoms with Crippen molar-refractivity contribution in [2.24, 2.45) is 50.7 Å². The number of benzene rings is 1. The number of rotatable bonds is 8. The number of carbonyl (C=O) groups is 3. The van der Waals surface area contributed by atoms with Crippen LogP contribution < -0.4 is 5.32 Å². The van der Waals surface area contributed by atoms with Crippen molar-refractivity contribution in [1.29, 1.82) is 0 Å². The zero-order chi connectivity index (χ0) is 38.5. The number of nitrogens with one attached hydrogen (secondary N) is 1. The maximum atomic E-state index is 14.0. The minimum Gasteiger partial charge on any atom is -0.481 e. The Kier molecular flexibility index (Phi) is 8.89. The van der Waals surface area contributed by atoms with Crippen molar-refractivity contribution in [3.8, 4) is 11.5 Å². The zero-order valence-electron chi connectivity index (χ0n) is 33.0. The second-order valence-corrected chi connectivity index (χ2v) is 19.5. The van der Waals surface area contributed by atoms with Crippen molar-refractivity contribution in [3.63, 3.8) is 0 Å². The number of Topliss-reactive ketones (excluding diaryl/α,β-unsaturated/α-hetero) is 1. The lowest BCUT2D eigenvalue weighted by Crippen LogP contribution is -2.66. The van der Waals surface area contributed by atoms with Crippen LogP contribution in [0.15, 0.2) is 39.8 Å². The van der Waals surface area contributed by atoms with Gasteiger partial charge in [-0.2, -0.15) is 0 Å². The van der Waals surface area contributed by atoms with Crippen LogP contribution in [0, 0.1) is 56.6 Å². The molecule has 5 aliphatic carbocycles. The summed E-state index contributed by atoms with van der Waals surface area (Å²) in [4.78, 5) is 38.9. The molecule has 1 aromatic carbocycles. The number of allylic oxidation sites excluding steroid dienone is 1. The fourth-order valence-electron chi connectivity index (χ4n) is 12.8. The van der Waals surface area contributed by atoms with Crippen LogP contribution in [0.5, 0.6) is 0 Å². The molecule has 10 heteroatoms. The van der Waals surface area contributed by atoms with E-state index in [4.69, 9.17) is 9.15 Å². The largest absolute Gasteiger partial charge is 0.481 e. The molecule has 1 aromatic heterocycles. The Morgan fingerprint density at radius 3 is 2.32 bits per heavy atom. The maximum Gasteiger partial charge on any atom is 0.316 e. The highest BCUT2D eigenvalue weighted by atomic mass is 19.1. The molecule has 0 radical (unpaired) electrons. The topological polar surface area (TPSA) is 132 Å². The number of aliphatic carboxylic acids is 1. The van der Waals surface area contributed by atoms with Gasteiger partial charge in [0.25, 0.3) is 0 Å². The van der Waals surface area contributed by atoms with Gasteiger partial charge in [-0.05, 0) is 141 Å². The Morgan fingerprint density at radius 1 is 0.962 bits per heavy atom. The number of hydrogen-bond donors (Lipinski definition) is 2. The van der Waals surface area contributed by atoms with Gasteiger partial charge in [-0.1, -0.05) is 53.6 Å². The Morgan fingerprint density at radius 2 is 1.66 bits per heavy atom. The smallest absolute Gasteiger partial charge is 0.316 e. The highest BCUT2D eigenvalue weighted by Crippen LogP contribution is 2.76. The van der Waals surface area contributed by atoms with E-state index in [2.05, 4.69) is 64.0 Å². The first-order chi connectivity index (χ1) is 24.7. The number of ketones is 1. The number of carboxylic acids is 1.